The van der Waals surface area contributed by atoms with Crippen molar-refractivity contribution in [3.05, 3.63) is 53.5 Å². The second-order valence-corrected chi connectivity index (χ2v) is 4.60. The third kappa shape index (κ3) is 5.17. The van der Waals surface area contributed by atoms with Crippen LogP contribution in [0.3, 0.4) is 0 Å². The molecule has 24 heavy (non-hydrogen) atoms. The molecular weight excluding hydrogens is 349 g/mol. The topological polar surface area (TPSA) is 77.5 Å². The zero-order valence-corrected chi connectivity index (χ0v) is 13.2. The monoisotopic (exact) mass is 364 g/mol. The van der Waals surface area contributed by atoms with Crippen LogP contribution in [0, 0.1) is 0 Å². The Morgan fingerprint density at radius 3 is 2.62 bits per heavy atom. The van der Waals surface area contributed by atoms with Gasteiger partial charge in [0.1, 0.15) is 24.4 Å². The number of alkyl halides is 3. The number of furan rings is 1. The molecule has 0 saturated carbocycles. The molecule has 1 aromatic heterocycles. The number of carbonyl (C=O) groups is 1. The number of rotatable bonds is 6. The summed E-state index contributed by atoms with van der Waals surface area (Å²) in [5.41, 5.74) is 4.80. The van der Waals surface area contributed by atoms with Crippen molar-refractivity contribution in [3.63, 3.8) is 0 Å². The molecule has 0 unspecified atom stereocenters. The highest BCUT2D eigenvalue weighted by molar-refractivity contribution is 5.93. The lowest BCUT2D eigenvalue weighted by Crippen LogP contribution is -2.28. The Balaban J connectivity index is 0.00000288. The van der Waals surface area contributed by atoms with E-state index in [-0.39, 0.29) is 37.9 Å². The second-order valence-electron chi connectivity index (χ2n) is 4.60. The van der Waals surface area contributed by atoms with Gasteiger partial charge in [-0.1, -0.05) is 12.1 Å². The Morgan fingerprint density at radius 1 is 1.29 bits per heavy atom. The molecule has 9 heteroatoms. The molecule has 0 bridgehead atoms. The molecule has 2 rings (SSSR count). The zero-order valence-electron chi connectivity index (χ0n) is 12.4. The van der Waals surface area contributed by atoms with E-state index < -0.39 is 17.6 Å². The van der Waals surface area contributed by atoms with Crippen molar-refractivity contribution in [2.45, 2.75) is 12.7 Å². The molecule has 0 aliphatic carbocycles. The molecule has 3 N–H and O–H groups in total. The maximum Gasteiger partial charge on any atom is 0.419 e. The Kier molecular flexibility index (Phi) is 7.12. The third-order valence-corrected chi connectivity index (χ3v) is 2.95. The molecule has 0 radical (unpaired) electrons. The van der Waals surface area contributed by atoms with Crippen LogP contribution in [-0.2, 0) is 12.7 Å². The summed E-state index contributed by atoms with van der Waals surface area (Å²) in [7, 11) is 0. The van der Waals surface area contributed by atoms with Crippen LogP contribution in [0.2, 0.25) is 0 Å². The highest BCUT2D eigenvalue weighted by atomic mass is 35.5. The molecule has 0 atom stereocenters. The van der Waals surface area contributed by atoms with Crippen LogP contribution in [0.4, 0.5) is 13.2 Å². The molecule has 1 aromatic carbocycles. The summed E-state index contributed by atoms with van der Waals surface area (Å²) < 4.78 is 48.4. The maximum absolute atomic E-state index is 12.8. The summed E-state index contributed by atoms with van der Waals surface area (Å²) in [5.74, 6) is -0.227. The first-order valence-electron chi connectivity index (χ1n) is 6.76. The molecule has 0 fully saturated rings. The molecule has 0 saturated heterocycles. The Labute approximate surface area is 142 Å². The van der Waals surface area contributed by atoms with Crippen molar-refractivity contribution in [3.8, 4) is 5.75 Å². The van der Waals surface area contributed by atoms with Gasteiger partial charge in [0.05, 0.1) is 24.2 Å². The van der Waals surface area contributed by atoms with Gasteiger partial charge in [0, 0.05) is 0 Å². The Bertz CT molecular complexity index is 674. The number of carbonyl (C=O) groups excluding carboxylic acids is 1. The van der Waals surface area contributed by atoms with Crippen molar-refractivity contribution in [1.29, 1.82) is 0 Å². The van der Waals surface area contributed by atoms with Gasteiger partial charge >= 0.3 is 6.18 Å². The molecule has 1 amide bonds. The summed E-state index contributed by atoms with van der Waals surface area (Å²) in [5, 5.41) is 2.52. The van der Waals surface area contributed by atoms with E-state index in [1.165, 1.54) is 30.5 Å². The fourth-order valence-corrected chi connectivity index (χ4v) is 1.86. The highest BCUT2D eigenvalue weighted by Crippen LogP contribution is 2.35. The minimum atomic E-state index is -4.49. The lowest BCUT2D eigenvalue weighted by atomic mass is 10.2. The molecule has 132 valence electrons. The van der Waals surface area contributed by atoms with Gasteiger partial charge in [0.15, 0.2) is 0 Å². The van der Waals surface area contributed by atoms with Crippen molar-refractivity contribution in [2.24, 2.45) is 5.73 Å². The van der Waals surface area contributed by atoms with E-state index in [9.17, 15) is 18.0 Å². The smallest absolute Gasteiger partial charge is 0.419 e. The number of hydrogen-bond acceptors (Lipinski definition) is 4. The maximum atomic E-state index is 12.8. The van der Waals surface area contributed by atoms with Crippen LogP contribution >= 0.6 is 12.4 Å². The van der Waals surface area contributed by atoms with Gasteiger partial charge in [-0.25, -0.2) is 0 Å². The largest absolute Gasteiger partial charge is 0.491 e. The number of amides is 1. The molecular formula is C15H16ClF3N2O3. The second kappa shape index (κ2) is 8.60. The van der Waals surface area contributed by atoms with Gasteiger partial charge in [0.2, 0.25) is 0 Å². The van der Waals surface area contributed by atoms with Gasteiger partial charge in [-0.15, -0.1) is 12.4 Å². The number of nitrogens with one attached hydrogen (secondary N) is 1. The predicted molar refractivity (Wildman–Crippen MR) is 83.1 cm³/mol. The Hall–Kier alpha value is -2.19. The average Bonchev–Trinajstić information content (AvgIpc) is 3.00. The van der Waals surface area contributed by atoms with Crippen LogP contribution in [0.5, 0.6) is 5.75 Å². The van der Waals surface area contributed by atoms with Gasteiger partial charge in [-0.3, -0.25) is 4.79 Å². The average molecular weight is 365 g/mol. The van der Waals surface area contributed by atoms with E-state index in [0.717, 1.165) is 6.07 Å². The summed E-state index contributed by atoms with van der Waals surface area (Å²) in [6, 6.07) is 6.39. The number of hydrogen-bond donors (Lipinski definition) is 2. The SMILES string of the molecule is Cl.NCc1cc(C(=O)NCCOc2ccccc2C(F)(F)F)co1. The van der Waals surface area contributed by atoms with E-state index in [1.54, 1.807) is 0 Å². The normalized spacial score (nSPS) is 10.8. The zero-order chi connectivity index (χ0) is 16.9. The molecule has 0 aliphatic heterocycles. The van der Waals surface area contributed by atoms with Crippen molar-refractivity contribution < 1.29 is 27.1 Å². The number of nitrogens with two attached hydrogens (primary N) is 1. The van der Waals surface area contributed by atoms with Gasteiger partial charge in [-0.05, 0) is 18.2 Å². The van der Waals surface area contributed by atoms with E-state index in [1.807, 2.05) is 0 Å². The number of benzene rings is 1. The van der Waals surface area contributed by atoms with Gasteiger partial charge < -0.3 is 20.2 Å². The standard InChI is InChI=1S/C15H15F3N2O3.ClH/c16-15(17,18)12-3-1-2-4-13(12)22-6-5-20-14(21)10-7-11(8-19)23-9-10;/h1-4,7,9H,5-6,8,19H2,(H,20,21);1H. The number of ether oxygens (including phenoxy) is 1. The Morgan fingerprint density at radius 2 is 2.00 bits per heavy atom. The summed E-state index contributed by atoms with van der Waals surface area (Å²) in [4.78, 5) is 11.8. The fourth-order valence-electron chi connectivity index (χ4n) is 1.86. The molecule has 2 aromatic rings. The molecule has 0 spiro atoms. The van der Waals surface area contributed by atoms with Crippen molar-refractivity contribution in [1.82, 2.24) is 5.32 Å². The van der Waals surface area contributed by atoms with Crippen molar-refractivity contribution in [2.75, 3.05) is 13.2 Å². The molecule has 0 aliphatic rings. The fraction of sp³-hybridized carbons (Fsp3) is 0.267. The molecule has 5 nitrogen and oxygen atoms in total. The minimum absolute atomic E-state index is 0. The first-order valence-corrected chi connectivity index (χ1v) is 6.76. The summed E-state index contributed by atoms with van der Waals surface area (Å²) in [6.07, 6.45) is -3.23. The number of para-hydroxylation sites is 1. The van der Waals surface area contributed by atoms with Gasteiger partial charge in [-0.2, -0.15) is 13.2 Å². The van der Waals surface area contributed by atoms with E-state index in [4.69, 9.17) is 14.9 Å². The third-order valence-electron chi connectivity index (χ3n) is 2.95. The van der Waals surface area contributed by atoms with E-state index >= 15 is 0 Å². The van der Waals surface area contributed by atoms with Crippen LogP contribution < -0.4 is 15.8 Å². The lowest BCUT2D eigenvalue weighted by molar-refractivity contribution is -0.138. The van der Waals surface area contributed by atoms with Crippen molar-refractivity contribution >= 4 is 18.3 Å². The number of halogens is 4. The molecule has 1 heterocycles. The van der Waals surface area contributed by atoms with Crippen LogP contribution in [0.25, 0.3) is 0 Å². The first-order chi connectivity index (χ1) is 10.9. The quantitative estimate of drug-likeness (QED) is 0.772. The van der Waals surface area contributed by atoms with E-state index in [2.05, 4.69) is 5.32 Å². The summed E-state index contributed by atoms with van der Waals surface area (Å²) in [6.45, 7) is 0.124. The van der Waals surface area contributed by atoms with Crippen LogP contribution in [0.15, 0.2) is 41.0 Å². The van der Waals surface area contributed by atoms with Crippen LogP contribution in [0.1, 0.15) is 21.7 Å². The first kappa shape index (κ1) is 19.9. The van der Waals surface area contributed by atoms with Crippen LogP contribution in [-0.4, -0.2) is 19.1 Å². The summed E-state index contributed by atoms with van der Waals surface area (Å²) >= 11 is 0. The lowest BCUT2D eigenvalue weighted by Gasteiger charge is -2.13. The van der Waals surface area contributed by atoms with Gasteiger partial charge in [0.25, 0.3) is 5.91 Å². The predicted octanol–water partition coefficient (Wildman–Crippen LogP) is 2.99. The highest BCUT2D eigenvalue weighted by Gasteiger charge is 2.33. The van der Waals surface area contributed by atoms with E-state index in [0.29, 0.717) is 11.3 Å². The minimum Gasteiger partial charge on any atom is -0.491 e.